The molecule has 8 aromatic rings. The zero-order valence-electron chi connectivity index (χ0n) is 30.1. The van der Waals surface area contributed by atoms with E-state index >= 15 is 0 Å². The SMILES string of the molecule is CC1(C)c2ccccc2C2(c3ccccc3-c3ccc(-c4cc(-c5ccc(-c6ccccc6)cc5)nc(-c5cccc(C#N)c5)n4)cc32)c2ccccc21. The number of nitriles is 1. The highest BCUT2D eigenvalue weighted by atomic mass is 14.9. The van der Waals surface area contributed by atoms with Gasteiger partial charge in [0.15, 0.2) is 5.82 Å². The van der Waals surface area contributed by atoms with Crippen LogP contribution in [0.2, 0.25) is 0 Å². The summed E-state index contributed by atoms with van der Waals surface area (Å²) in [6, 6.07) is 64.8. The van der Waals surface area contributed by atoms with Crippen molar-refractivity contribution in [2.75, 3.05) is 0 Å². The second-order valence-corrected chi connectivity index (χ2v) is 14.9. The summed E-state index contributed by atoms with van der Waals surface area (Å²) in [5.74, 6) is 0.584. The average molecular weight is 690 g/mol. The van der Waals surface area contributed by atoms with Crippen LogP contribution in [-0.4, -0.2) is 9.97 Å². The molecule has 0 bridgehead atoms. The van der Waals surface area contributed by atoms with Gasteiger partial charge in [-0.1, -0.05) is 166 Å². The van der Waals surface area contributed by atoms with Gasteiger partial charge in [-0.15, -0.1) is 0 Å². The van der Waals surface area contributed by atoms with E-state index in [0.29, 0.717) is 11.4 Å². The zero-order valence-corrected chi connectivity index (χ0v) is 30.1. The maximum atomic E-state index is 9.76. The van der Waals surface area contributed by atoms with Crippen LogP contribution in [0.3, 0.4) is 0 Å². The lowest BCUT2D eigenvalue weighted by Crippen LogP contribution is -2.40. The van der Waals surface area contributed by atoms with E-state index in [0.717, 1.165) is 33.6 Å². The highest BCUT2D eigenvalue weighted by molar-refractivity contribution is 5.90. The molecule has 0 radical (unpaired) electrons. The monoisotopic (exact) mass is 689 g/mol. The number of nitrogens with zero attached hydrogens (tertiary/aromatic N) is 3. The first-order valence-electron chi connectivity index (χ1n) is 18.5. The summed E-state index contributed by atoms with van der Waals surface area (Å²) in [5.41, 5.74) is 17.1. The van der Waals surface area contributed by atoms with Gasteiger partial charge in [-0.05, 0) is 79.9 Å². The maximum absolute atomic E-state index is 9.76. The zero-order chi connectivity index (χ0) is 36.4. The van der Waals surface area contributed by atoms with Gasteiger partial charge < -0.3 is 0 Å². The van der Waals surface area contributed by atoms with Crippen molar-refractivity contribution in [1.29, 1.82) is 5.26 Å². The lowest BCUT2D eigenvalue weighted by molar-refractivity contribution is 0.563. The topological polar surface area (TPSA) is 49.6 Å². The molecule has 54 heavy (non-hydrogen) atoms. The minimum atomic E-state index is -0.502. The Labute approximate surface area is 315 Å². The number of aromatic nitrogens is 2. The molecule has 7 aromatic carbocycles. The van der Waals surface area contributed by atoms with Crippen LogP contribution in [0, 0.1) is 11.3 Å². The minimum Gasteiger partial charge on any atom is -0.228 e. The molecular formula is C51H35N3. The summed E-state index contributed by atoms with van der Waals surface area (Å²) in [5, 5.41) is 9.76. The molecule has 2 aliphatic rings. The summed E-state index contributed by atoms with van der Waals surface area (Å²) < 4.78 is 0. The van der Waals surface area contributed by atoms with Crippen molar-refractivity contribution in [2.45, 2.75) is 24.7 Å². The van der Waals surface area contributed by atoms with Gasteiger partial charge in [0, 0.05) is 22.1 Å². The fourth-order valence-electron chi connectivity index (χ4n) is 9.08. The van der Waals surface area contributed by atoms with Gasteiger partial charge in [-0.3, -0.25) is 0 Å². The standard InChI is InChI=1S/C51H35N3/c1-50(2)42-19-8-10-21-44(42)51(45-22-11-9-20-43(45)50)41-18-7-6-17-39(41)40-28-27-37(30-46(40)51)48-31-47(53-49(54-48)38-16-12-13-33(29-38)32-52)36-25-23-35(24-26-36)34-14-4-3-5-15-34/h3-31H,1-2H3. The number of fused-ring (bicyclic) bond motifs is 9. The molecule has 1 heterocycles. The van der Waals surface area contributed by atoms with Crippen LogP contribution in [0.15, 0.2) is 176 Å². The normalized spacial score (nSPS) is 14.0. The number of hydrogen-bond acceptors (Lipinski definition) is 3. The summed E-state index contributed by atoms with van der Waals surface area (Å²) in [6.45, 7) is 4.71. The summed E-state index contributed by atoms with van der Waals surface area (Å²) in [7, 11) is 0. The Bertz CT molecular complexity index is 2760. The second-order valence-electron chi connectivity index (χ2n) is 14.9. The van der Waals surface area contributed by atoms with Gasteiger partial charge in [0.1, 0.15) is 0 Å². The Morgan fingerprint density at radius 1 is 0.407 bits per heavy atom. The van der Waals surface area contributed by atoms with Gasteiger partial charge >= 0.3 is 0 Å². The van der Waals surface area contributed by atoms with Crippen LogP contribution in [0.4, 0.5) is 0 Å². The smallest absolute Gasteiger partial charge is 0.160 e. The number of rotatable bonds is 4. The summed E-state index contributed by atoms with van der Waals surface area (Å²) in [4.78, 5) is 10.4. The van der Waals surface area contributed by atoms with Gasteiger partial charge in [0.25, 0.3) is 0 Å². The first-order chi connectivity index (χ1) is 26.5. The molecule has 0 saturated heterocycles. The first kappa shape index (κ1) is 31.8. The van der Waals surface area contributed by atoms with Crippen molar-refractivity contribution in [3.05, 3.63) is 215 Å². The van der Waals surface area contributed by atoms with Crippen molar-refractivity contribution < 1.29 is 0 Å². The molecular weight excluding hydrogens is 655 g/mol. The average Bonchev–Trinajstić information content (AvgIpc) is 3.53. The molecule has 0 aliphatic heterocycles. The highest BCUT2D eigenvalue weighted by Gasteiger charge is 2.53. The van der Waals surface area contributed by atoms with E-state index < -0.39 is 5.41 Å². The lowest BCUT2D eigenvalue weighted by Gasteiger charge is -2.46. The second kappa shape index (κ2) is 12.1. The molecule has 0 N–H and O–H groups in total. The Kier molecular flexibility index (Phi) is 7.12. The fraction of sp³-hybridized carbons (Fsp3) is 0.0784. The molecule has 3 heteroatoms. The van der Waals surface area contributed by atoms with Crippen molar-refractivity contribution in [1.82, 2.24) is 9.97 Å². The molecule has 254 valence electrons. The molecule has 0 unspecified atom stereocenters. The largest absolute Gasteiger partial charge is 0.228 e. The van der Waals surface area contributed by atoms with E-state index in [-0.39, 0.29) is 5.41 Å². The molecule has 10 rings (SSSR count). The quantitative estimate of drug-likeness (QED) is 0.185. The molecule has 1 aromatic heterocycles. The van der Waals surface area contributed by atoms with Gasteiger partial charge in [-0.2, -0.15) is 5.26 Å². The third kappa shape index (κ3) is 4.67. The van der Waals surface area contributed by atoms with Crippen molar-refractivity contribution in [2.24, 2.45) is 0 Å². The molecule has 3 nitrogen and oxygen atoms in total. The third-order valence-corrected chi connectivity index (χ3v) is 11.6. The Morgan fingerprint density at radius 2 is 0.926 bits per heavy atom. The summed E-state index contributed by atoms with van der Waals surface area (Å²) >= 11 is 0. The van der Waals surface area contributed by atoms with E-state index in [1.165, 1.54) is 50.1 Å². The lowest BCUT2D eigenvalue weighted by atomic mass is 9.55. The molecule has 1 spiro atoms. The number of hydrogen-bond donors (Lipinski definition) is 0. The predicted molar refractivity (Wildman–Crippen MR) is 218 cm³/mol. The Balaban J connectivity index is 1.21. The van der Waals surface area contributed by atoms with E-state index in [1.54, 1.807) is 0 Å². The van der Waals surface area contributed by atoms with Crippen LogP contribution in [-0.2, 0) is 10.8 Å². The van der Waals surface area contributed by atoms with Gasteiger partial charge in [0.2, 0.25) is 0 Å². The molecule has 0 saturated carbocycles. The fourth-order valence-corrected chi connectivity index (χ4v) is 9.08. The molecule has 0 fully saturated rings. The van der Waals surface area contributed by atoms with Crippen LogP contribution in [0.5, 0.6) is 0 Å². The first-order valence-corrected chi connectivity index (χ1v) is 18.5. The third-order valence-electron chi connectivity index (χ3n) is 11.6. The molecule has 2 aliphatic carbocycles. The molecule has 0 amide bonds. The maximum Gasteiger partial charge on any atom is 0.160 e. The van der Waals surface area contributed by atoms with E-state index in [2.05, 4.69) is 166 Å². The Hall–Kier alpha value is -6.89. The van der Waals surface area contributed by atoms with E-state index in [1.807, 2.05) is 30.3 Å². The van der Waals surface area contributed by atoms with E-state index in [9.17, 15) is 5.26 Å². The van der Waals surface area contributed by atoms with E-state index in [4.69, 9.17) is 9.97 Å². The minimum absolute atomic E-state index is 0.168. The van der Waals surface area contributed by atoms with Crippen LogP contribution in [0.1, 0.15) is 52.8 Å². The predicted octanol–water partition coefficient (Wildman–Crippen LogP) is 12.0. The van der Waals surface area contributed by atoms with Crippen LogP contribution in [0.25, 0.3) is 56.2 Å². The Morgan fingerprint density at radius 3 is 1.61 bits per heavy atom. The van der Waals surface area contributed by atoms with Crippen molar-refractivity contribution in [3.63, 3.8) is 0 Å². The highest BCUT2D eigenvalue weighted by Crippen LogP contribution is 2.62. The van der Waals surface area contributed by atoms with Crippen LogP contribution < -0.4 is 0 Å². The molecule has 0 atom stereocenters. The van der Waals surface area contributed by atoms with Crippen molar-refractivity contribution in [3.8, 4) is 62.2 Å². The summed E-state index contributed by atoms with van der Waals surface area (Å²) in [6.07, 6.45) is 0. The van der Waals surface area contributed by atoms with Crippen LogP contribution >= 0.6 is 0 Å². The van der Waals surface area contributed by atoms with Gasteiger partial charge in [0.05, 0.1) is 28.4 Å². The van der Waals surface area contributed by atoms with Gasteiger partial charge in [-0.25, -0.2) is 9.97 Å². The van der Waals surface area contributed by atoms with Crippen molar-refractivity contribution >= 4 is 0 Å². The number of benzene rings is 7.